The van der Waals surface area contributed by atoms with E-state index in [4.69, 9.17) is 9.15 Å². The van der Waals surface area contributed by atoms with E-state index >= 15 is 0 Å². The lowest BCUT2D eigenvalue weighted by Gasteiger charge is -2.25. The molecule has 0 aromatic carbocycles. The van der Waals surface area contributed by atoms with Crippen LogP contribution >= 0.6 is 35.3 Å². The van der Waals surface area contributed by atoms with Crippen LogP contribution in [0, 0.1) is 0 Å². The van der Waals surface area contributed by atoms with Gasteiger partial charge in [0.05, 0.1) is 23.7 Å². The number of oxazole rings is 1. The first-order valence-electron chi connectivity index (χ1n) is 9.12. The first-order chi connectivity index (χ1) is 13.7. The molecule has 0 saturated heterocycles. The minimum Gasteiger partial charge on any atom is -0.443 e. The maximum atomic E-state index is 5.56. The third-order valence-electron chi connectivity index (χ3n) is 4.46. The van der Waals surface area contributed by atoms with Crippen LogP contribution in [0.5, 0.6) is 0 Å². The molecule has 0 aliphatic carbocycles. The van der Waals surface area contributed by atoms with Gasteiger partial charge in [-0.1, -0.05) is 6.07 Å². The molecular formula is C18H24IN7O2S. The molecule has 9 nitrogen and oxygen atoms in total. The van der Waals surface area contributed by atoms with E-state index in [9.17, 15) is 0 Å². The largest absolute Gasteiger partial charge is 0.443 e. The lowest BCUT2D eigenvalue weighted by molar-refractivity contribution is 0.177. The van der Waals surface area contributed by atoms with E-state index in [-0.39, 0.29) is 30.0 Å². The average Bonchev–Trinajstić information content (AvgIpc) is 3.44. The Hall–Kier alpha value is -1.99. The Bertz CT molecular complexity index is 938. The molecular weight excluding hydrogens is 505 g/mol. The van der Waals surface area contributed by atoms with Gasteiger partial charge in [0.25, 0.3) is 0 Å². The second-order valence-electron chi connectivity index (χ2n) is 6.49. The van der Waals surface area contributed by atoms with Gasteiger partial charge in [0, 0.05) is 26.6 Å². The second-order valence-corrected chi connectivity index (χ2v) is 7.43. The molecule has 3 aromatic rings. The highest BCUT2D eigenvalue weighted by molar-refractivity contribution is 14.0. The maximum absolute atomic E-state index is 5.56. The van der Waals surface area contributed by atoms with E-state index in [0.717, 1.165) is 47.6 Å². The van der Waals surface area contributed by atoms with Crippen LogP contribution in [-0.2, 0) is 30.9 Å². The summed E-state index contributed by atoms with van der Waals surface area (Å²) in [6, 6.07) is 4.21. The number of rotatable bonds is 6. The zero-order valence-corrected chi connectivity index (χ0v) is 19.4. The number of methoxy groups -OCH3 is 1. The molecule has 1 atom stereocenters. The highest BCUT2D eigenvalue weighted by Gasteiger charge is 2.22. The second kappa shape index (κ2) is 10.2. The van der Waals surface area contributed by atoms with Crippen molar-refractivity contribution in [3.63, 3.8) is 0 Å². The summed E-state index contributed by atoms with van der Waals surface area (Å²) in [6.45, 7) is 1.72. The summed E-state index contributed by atoms with van der Waals surface area (Å²) < 4.78 is 12.6. The third-order valence-corrected chi connectivity index (χ3v) is 5.32. The Morgan fingerprint density at radius 3 is 3.10 bits per heavy atom. The van der Waals surface area contributed by atoms with Gasteiger partial charge in [0.15, 0.2) is 11.8 Å². The van der Waals surface area contributed by atoms with Crippen LogP contribution in [0.25, 0.3) is 10.8 Å². The van der Waals surface area contributed by atoms with Crippen LogP contribution in [0.1, 0.15) is 23.8 Å². The Morgan fingerprint density at radius 2 is 2.34 bits per heavy atom. The molecule has 29 heavy (non-hydrogen) atoms. The summed E-state index contributed by atoms with van der Waals surface area (Å²) in [6.07, 6.45) is 3.52. The summed E-state index contributed by atoms with van der Waals surface area (Å²) in [5.74, 6) is 3.11. The number of aryl methyl sites for hydroxylation is 1. The lowest BCUT2D eigenvalue weighted by atomic mass is 10.1. The number of nitrogens with one attached hydrogen (secondary N) is 2. The molecule has 4 rings (SSSR count). The summed E-state index contributed by atoms with van der Waals surface area (Å²) >= 11 is 1.61. The van der Waals surface area contributed by atoms with Gasteiger partial charge in [0.1, 0.15) is 18.7 Å². The molecule has 1 aliphatic rings. The number of fused-ring (bicyclic) bond motifs is 1. The van der Waals surface area contributed by atoms with Crippen molar-refractivity contribution in [1.82, 2.24) is 30.4 Å². The van der Waals surface area contributed by atoms with Crippen molar-refractivity contribution in [3.8, 4) is 10.8 Å². The highest BCUT2D eigenvalue weighted by atomic mass is 127. The molecule has 2 N–H and O–H groups in total. The molecule has 0 saturated carbocycles. The number of aliphatic imine (C=N–C) groups is 1. The normalized spacial score (nSPS) is 16.2. The number of guanidine groups is 1. The number of ether oxygens (including phenoxy) is 1. The van der Waals surface area contributed by atoms with Crippen LogP contribution in [0.4, 0.5) is 0 Å². The average molecular weight is 529 g/mol. The quantitative estimate of drug-likeness (QED) is 0.287. The fourth-order valence-corrected chi connectivity index (χ4v) is 3.79. The van der Waals surface area contributed by atoms with Crippen LogP contribution in [-0.4, -0.2) is 45.9 Å². The van der Waals surface area contributed by atoms with Crippen LogP contribution < -0.4 is 10.6 Å². The van der Waals surface area contributed by atoms with Gasteiger partial charge >= 0.3 is 0 Å². The van der Waals surface area contributed by atoms with Crippen molar-refractivity contribution in [1.29, 1.82) is 0 Å². The van der Waals surface area contributed by atoms with Crippen molar-refractivity contribution in [2.75, 3.05) is 14.2 Å². The molecule has 0 amide bonds. The molecule has 0 spiro atoms. The van der Waals surface area contributed by atoms with Crippen LogP contribution in [0.2, 0.25) is 0 Å². The molecule has 156 valence electrons. The van der Waals surface area contributed by atoms with E-state index in [0.29, 0.717) is 19.0 Å². The highest BCUT2D eigenvalue weighted by Crippen LogP contribution is 2.23. The summed E-state index contributed by atoms with van der Waals surface area (Å²) in [7, 11) is 3.41. The van der Waals surface area contributed by atoms with Crippen molar-refractivity contribution in [3.05, 3.63) is 41.1 Å². The van der Waals surface area contributed by atoms with Gasteiger partial charge in [0.2, 0.25) is 5.89 Å². The molecule has 11 heteroatoms. The minimum atomic E-state index is 0. The molecule has 0 fully saturated rings. The zero-order valence-electron chi connectivity index (χ0n) is 16.3. The Kier molecular flexibility index (Phi) is 7.61. The smallest absolute Gasteiger partial charge is 0.236 e. The SMILES string of the molecule is CN=C(NCc1coc(-c2cccs2)n1)NC1CCc2nc(COC)nn2C1.I. The Morgan fingerprint density at radius 1 is 1.45 bits per heavy atom. The summed E-state index contributed by atoms with van der Waals surface area (Å²) in [5.41, 5.74) is 0.831. The minimum absolute atomic E-state index is 0. The Balaban J connectivity index is 0.00000240. The van der Waals surface area contributed by atoms with Gasteiger partial charge in [-0.3, -0.25) is 4.99 Å². The van der Waals surface area contributed by atoms with E-state index in [1.807, 2.05) is 22.2 Å². The van der Waals surface area contributed by atoms with Gasteiger partial charge in [-0.15, -0.1) is 35.3 Å². The van der Waals surface area contributed by atoms with Gasteiger partial charge < -0.3 is 19.8 Å². The molecule has 0 radical (unpaired) electrons. The van der Waals surface area contributed by atoms with Crippen molar-refractivity contribution < 1.29 is 9.15 Å². The van der Waals surface area contributed by atoms with E-state index in [2.05, 4.69) is 30.7 Å². The van der Waals surface area contributed by atoms with E-state index in [1.165, 1.54) is 0 Å². The van der Waals surface area contributed by atoms with Crippen LogP contribution in [0.15, 0.2) is 33.2 Å². The van der Waals surface area contributed by atoms with Gasteiger partial charge in [-0.2, -0.15) is 5.10 Å². The zero-order chi connectivity index (χ0) is 19.3. The van der Waals surface area contributed by atoms with Crippen molar-refractivity contribution in [2.45, 2.75) is 38.6 Å². The van der Waals surface area contributed by atoms with Crippen LogP contribution in [0.3, 0.4) is 0 Å². The molecule has 0 bridgehead atoms. The molecule has 1 unspecified atom stereocenters. The number of hydrogen-bond acceptors (Lipinski definition) is 7. The number of halogens is 1. The summed E-state index contributed by atoms with van der Waals surface area (Å²) in [4.78, 5) is 14.4. The number of aromatic nitrogens is 4. The standard InChI is InChI=1S/C18H23N7O2S.HI/c1-19-18(20-8-13-10-27-17(21-13)14-4-3-7-28-14)22-12-5-6-16-23-15(11-26-2)24-25(16)9-12;/h3-4,7,10,12H,5-6,8-9,11H2,1-2H3,(H2,19,20,22);1H. The van der Waals surface area contributed by atoms with Gasteiger partial charge in [-0.05, 0) is 17.9 Å². The van der Waals surface area contributed by atoms with E-state index < -0.39 is 0 Å². The third kappa shape index (κ3) is 5.34. The first-order valence-corrected chi connectivity index (χ1v) is 10.00. The lowest BCUT2D eigenvalue weighted by Crippen LogP contribution is -2.46. The van der Waals surface area contributed by atoms with Crippen molar-refractivity contribution in [2.24, 2.45) is 4.99 Å². The fraction of sp³-hybridized carbons (Fsp3) is 0.444. The monoisotopic (exact) mass is 529 g/mol. The topological polar surface area (TPSA) is 102 Å². The van der Waals surface area contributed by atoms with E-state index in [1.54, 1.807) is 31.8 Å². The molecule has 1 aliphatic heterocycles. The predicted octanol–water partition coefficient (Wildman–Crippen LogP) is 2.44. The van der Waals surface area contributed by atoms with Gasteiger partial charge in [-0.25, -0.2) is 14.6 Å². The number of nitrogens with zero attached hydrogens (tertiary/aromatic N) is 5. The summed E-state index contributed by atoms with van der Waals surface area (Å²) in [5, 5.41) is 13.3. The number of hydrogen-bond donors (Lipinski definition) is 2. The van der Waals surface area contributed by atoms with Crippen molar-refractivity contribution >= 4 is 41.3 Å². The number of thiophene rings is 1. The maximum Gasteiger partial charge on any atom is 0.236 e. The predicted molar refractivity (Wildman–Crippen MR) is 121 cm³/mol. The molecule has 3 aromatic heterocycles. The Labute approximate surface area is 190 Å². The fourth-order valence-electron chi connectivity index (χ4n) is 3.13. The molecule has 4 heterocycles. The first kappa shape index (κ1) is 21.7.